The number of pyridine rings is 1. The molecule has 0 saturated heterocycles. The SMILES string of the molecule is CCNC(=NCc1ccnc(OCC(F)(F)F)c1)NCC1CC(=O)Nc2ccccc21.I. The monoisotopic (exact) mass is 563 g/mol. The summed E-state index contributed by atoms with van der Waals surface area (Å²) < 4.78 is 41.6. The average Bonchev–Trinajstić information content (AvgIpc) is 2.73. The molecule has 1 atom stereocenters. The Bertz CT molecular complexity index is 940. The highest BCUT2D eigenvalue weighted by Crippen LogP contribution is 2.31. The molecule has 1 aromatic heterocycles. The highest BCUT2D eigenvalue weighted by Gasteiger charge is 2.28. The van der Waals surface area contributed by atoms with Gasteiger partial charge in [0.05, 0.1) is 6.54 Å². The Labute approximate surface area is 201 Å². The van der Waals surface area contributed by atoms with Crippen molar-refractivity contribution in [2.24, 2.45) is 4.99 Å². The lowest BCUT2D eigenvalue weighted by molar-refractivity contribution is -0.154. The lowest BCUT2D eigenvalue weighted by Crippen LogP contribution is -2.40. The summed E-state index contributed by atoms with van der Waals surface area (Å²) in [5.74, 6) is 0.404. The maximum absolute atomic E-state index is 12.3. The minimum Gasteiger partial charge on any atom is -0.468 e. The smallest absolute Gasteiger partial charge is 0.422 e. The van der Waals surface area contributed by atoms with E-state index in [1.54, 1.807) is 6.07 Å². The van der Waals surface area contributed by atoms with Crippen molar-refractivity contribution >= 4 is 41.5 Å². The Hall–Kier alpha value is -2.57. The molecule has 3 rings (SSSR count). The Morgan fingerprint density at radius 1 is 1.28 bits per heavy atom. The molecule has 174 valence electrons. The largest absolute Gasteiger partial charge is 0.468 e. The predicted molar refractivity (Wildman–Crippen MR) is 126 cm³/mol. The van der Waals surface area contributed by atoms with Gasteiger partial charge >= 0.3 is 6.18 Å². The van der Waals surface area contributed by atoms with E-state index in [0.717, 1.165) is 11.3 Å². The van der Waals surface area contributed by atoms with Gasteiger partial charge in [-0.05, 0) is 30.2 Å². The normalized spacial score (nSPS) is 15.8. The zero-order valence-corrected chi connectivity index (χ0v) is 19.7. The van der Waals surface area contributed by atoms with E-state index in [-0.39, 0.29) is 48.2 Å². The van der Waals surface area contributed by atoms with Crippen molar-refractivity contribution < 1.29 is 22.7 Å². The average molecular weight is 563 g/mol. The quantitative estimate of drug-likeness (QED) is 0.271. The Morgan fingerprint density at radius 3 is 2.81 bits per heavy atom. The number of nitrogens with one attached hydrogen (secondary N) is 3. The van der Waals surface area contributed by atoms with Crippen molar-refractivity contribution in [2.75, 3.05) is 25.0 Å². The molecule has 1 aliphatic rings. The minimum absolute atomic E-state index is 0. The van der Waals surface area contributed by atoms with E-state index in [9.17, 15) is 18.0 Å². The van der Waals surface area contributed by atoms with E-state index in [1.165, 1.54) is 12.3 Å². The first-order valence-electron chi connectivity index (χ1n) is 9.89. The first-order chi connectivity index (χ1) is 14.8. The number of carbonyl (C=O) groups is 1. The summed E-state index contributed by atoms with van der Waals surface area (Å²) in [6.45, 7) is 1.89. The van der Waals surface area contributed by atoms with Crippen LogP contribution in [0.1, 0.15) is 30.4 Å². The molecule has 0 fully saturated rings. The molecule has 11 heteroatoms. The number of ether oxygens (including phenoxy) is 1. The first-order valence-corrected chi connectivity index (χ1v) is 9.89. The number of nitrogens with zero attached hydrogens (tertiary/aromatic N) is 2. The fourth-order valence-corrected chi connectivity index (χ4v) is 3.20. The van der Waals surface area contributed by atoms with Gasteiger partial charge in [0.15, 0.2) is 12.6 Å². The molecule has 2 heterocycles. The summed E-state index contributed by atoms with van der Waals surface area (Å²) in [5, 5.41) is 9.25. The second kappa shape index (κ2) is 11.9. The van der Waals surface area contributed by atoms with Crippen molar-refractivity contribution in [3.05, 3.63) is 53.7 Å². The van der Waals surface area contributed by atoms with Crippen LogP contribution in [0.15, 0.2) is 47.6 Å². The van der Waals surface area contributed by atoms with Crippen molar-refractivity contribution in [1.82, 2.24) is 15.6 Å². The highest BCUT2D eigenvalue weighted by molar-refractivity contribution is 14.0. The molecule has 1 unspecified atom stereocenters. The summed E-state index contributed by atoms with van der Waals surface area (Å²) in [4.78, 5) is 20.3. The van der Waals surface area contributed by atoms with E-state index in [4.69, 9.17) is 0 Å². The maximum Gasteiger partial charge on any atom is 0.422 e. The van der Waals surface area contributed by atoms with Crippen LogP contribution in [-0.2, 0) is 11.3 Å². The number of aliphatic imine (C=N–C) groups is 1. The standard InChI is InChI=1S/C21H24F3N5O2.HI/c1-2-25-20(27-11-14-7-8-26-19(9-14)31-13-21(22,23)24)28-12-15-10-18(30)29-17-6-4-3-5-16(15)17;/h3-9,15H,2,10-13H2,1H3,(H,29,30)(H2,25,27,28);1H. The van der Waals surface area contributed by atoms with Gasteiger partial charge in [-0.1, -0.05) is 18.2 Å². The number of anilines is 1. The number of carbonyl (C=O) groups excluding carboxylic acids is 1. The molecule has 32 heavy (non-hydrogen) atoms. The van der Waals surface area contributed by atoms with Crippen LogP contribution in [0.2, 0.25) is 0 Å². The van der Waals surface area contributed by atoms with Crippen LogP contribution in [0.4, 0.5) is 18.9 Å². The van der Waals surface area contributed by atoms with Crippen LogP contribution in [0, 0.1) is 0 Å². The third-order valence-corrected chi connectivity index (χ3v) is 4.57. The Kier molecular flexibility index (Phi) is 9.54. The van der Waals surface area contributed by atoms with Crippen LogP contribution in [0.3, 0.4) is 0 Å². The summed E-state index contributed by atoms with van der Waals surface area (Å²) in [6, 6.07) is 10.8. The van der Waals surface area contributed by atoms with Crippen LogP contribution >= 0.6 is 24.0 Å². The van der Waals surface area contributed by atoms with E-state index < -0.39 is 12.8 Å². The number of halogens is 4. The zero-order chi connectivity index (χ0) is 22.3. The molecule has 2 aromatic rings. The fourth-order valence-electron chi connectivity index (χ4n) is 3.20. The van der Waals surface area contributed by atoms with Gasteiger partial charge < -0.3 is 20.7 Å². The highest BCUT2D eigenvalue weighted by atomic mass is 127. The summed E-state index contributed by atoms with van der Waals surface area (Å²) >= 11 is 0. The van der Waals surface area contributed by atoms with Crippen molar-refractivity contribution in [1.29, 1.82) is 0 Å². The lowest BCUT2D eigenvalue weighted by atomic mass is 9.90. The van der Waals surface area contributed by atoms with Gasteiger partial charge in [-0.25, -0.2) is 9.98 Å². The van der Waals surface area contributed by atoms with E-state index in [0.29, 0.717) is 31.0 Å². The number of aromatic nitrogens is 1. The Balaban J connectivity index is 0.00000363. The molecule has 1 amide bonds. The van der Waals surface area contributed by atoms with Gasteiger partial charge in [0.1, 0.15) is 0 Å². The Morgan fingerprint density at radius 2 is 2.06 bits per heavy atom. The second-order valence-electron chi connectivity index (χ2n) is 7.02. The molecule has 3 N–H and O–H groups in total. The summed E-state index contributed by atoms with van der Waals surface area (Å²) in [6.07, 6.45) is -2.67. The molecule has 0 radical (unpaired) electrons. The van der Waals surface area contributed by atoms with Gasteiger partial charge in [0.25, 0.3) is 0 Å². The number of amides is 1. The fraction of sp³-hybridized carbons (Fsp3) is 0.381. The van der Waals surface area contributed by atoms with Crippen LogP contribution < -0.4 is 20.7 Å². The van der Waals surface area contributed by atoms with E-state index in [1.807, 2.05) is 31.2 Å². The number of hydrogen-bond acceptors (Lipinski definition) is 4. The van der Waals surface area contributed by atoms with Gasteiger partial charge in [0, 0.05) is 43.4 Å². The number of rotatable bonds is 7. The van der Waals surface area contributed by atoms with Crippen molar-refractivity contribution in [2.45, 2.75) is 32.0 Å². The molecular formula is C21H25F3IN5O2. The number of benzene rings is 1. The van der Waals surface area contributed by atoms with Crippen LogP contribution in [0.25, 0.3) is 0 Å². The predicted octanol–water partition coefficient (Wildman–Crippen LogP) is 3.82. The maximum atomic E-state index is 12.3. The topological polar surface area (TPSA) is 87.6 Å². The van der Waals surface area contributed by atoms with Gasteiger partial charge in [-0.3, -0.25) is 4.79 Å². The number of fused-ring (bicyclic) bond motifs is 1. The molecule has 1 aromatic carbocycles. The third kappa shape index (κ3) is 7.84. The summed E-state index contributed by atoms with van der Waals surface area (Å²) in [5.41, 5.74) is 2.54. The molecule has 0 bridgehead atoms. The molecule has 0 spiro atoms. The number of alkyl halides is 3. The minimum atomic E-state index is -4.42. The van der Waals surface area contributed by atoms with Gasteiger partial charge in [-0.15, -0.1) is 24.0 Å². The number of guanidine groups is 1. The third-order valence-electron chi connectivity index (χ3n) is 4.57. The van der Waals surface area contributed by atoms with Crippen molar-refractivity contribution in [3.63, 3.8) is 0 Å². The number of para-hydroxylation sites is 1. The van der Waals surface area contributed by atoms with Crippen molar-refractivity contribution in [3.8, 4) is 5.88 Å². The zero-order valence-electron chi connectivity index (χ0n) is 17.4. The first kappa shape index (κ1) is 25.7. The molecular weight excluding hydrogens is 538 g/mol. The molecule has 0 aliphatic carbocycles. The van der Waals surface area contributed by atoms with Gasteiger partial charge in [0.2, 0.25) is 11.8 Å². The molecule has 7 nitrogen and oxygen atoms in total. The number of hydrogen-bond donors (Lipinski definition) is 3. The molecule has 1 aliphatic heterocycles. The van der Waals surface area contributed by atoms with E-state index in [2.05, 4.69) is 30.7 Å². The summed E-state index contributed by atoms with van der Waals surface area (Å²) in [7, 11) is 0. The van der Waals surface area contributed by atoms with E-state index >= 15 is 0 Å². The van der Waals surface area contributed by atoms with Gasteiger partial charge in [-0.2, -0.15) is 13.2 Å². The lowest BCUT2D eigenvalue weighted by Gasteiger charge is -2.26. The van der Waals surface area contributed by atoms with Crippen LogP contribution in [0.5, 0.6) is 5.88 Å². The molecule has 0 saturated carbocycles. The second-order valence-corrected chi connectivity index (χ2v) is 7.02. The van der Waals surface area contributed by atoms with Crippen LogP contribution in [-0.4, -0.2) is 42.7 Å².